The molecule has 142 valence electrons. The van der Waals surface area contributed by atoms with Gasteiger partial charge in [-0.1, -0.05) is 6.07 Å². The molecule has 0 radical (unpaired) electrons. The lowest BCUT2D eigenvalue weighted by atomic mass is 9.53. The molecule has 4 aliphatic carbocycles. The van der Waals surface area contributed by atoms with Crippen LogP contribution in [0.5, 0.6) is 5.75 Å². The second-order valence-corrected chi connectivity index (χ2v) is 9.89. The van der Waals surface area contributed by atoms with Crippen molar-refractivity contribution < 1.29 is 9.53 Å². The topological polar surface area (TPSA) is 51.2 Å². The van der Waals surface area contributed by atoms with Crippen LogP contribution in [-0.2, 0) is 6.61 Å². The number of aryl methyl sites for hydroxylation is 1. The minimum atomic E-state index is 0.0425. The summed E-state index contributed by atoms with van der Waals surface area (Å²) in [6.07, 6.45) is 7.66. The number of benzene rings is 1. The fourth-order valence-electron chi connectivity index (χ4n) is 5.94. The number of thiazole rings is 1. The molecule has 5 heteroatoms. The zero-order valence-corrected chi connectivity index (χ0v) is 16.6. The van der Waals surface area contributed by atoms with Crippen LogP contribution in [0, 0.1) is 24.7 Å². The SMILES string of the molecule is Cc1nc(COc2cccc(C(=O)NC34CC5CC(CC(C5)C3)C4)c2)cs1. The molecule has 1 amide bonds. The lowest BCUT2D eigenvalue weighted by Crippen LogP contribution is -2.59. The molecule has 27 heavy (non-hydrogen) atoms. The number of rotatable bonds is 5. The number of carbonyl (C=O) groups excluding carboxylic acids is 1. The van der Waals surface area contributed by atoms with Gasteiger partial charge in [-0.2, -0.15) is 0 Å². The van der Waals surface area contributed by atoms with E-state index in [0.29, 0.717) is 12.2 Å². The molecule has 4 aliphatic rings. The van der Waals surface area contributed by atoms with Crippen LogP contribution in [0.1, 0.15) is 59.6 Å². The van der Waals surface area contributed by atoms with Gasteiger partial charge in [-0.15, -0.1) is 11.3 Å². The molecule has 1 N–H and O–H groups in total. The predicted octanol–water partition coefficient (Wildman–Crippen LogP) is 4.73. The molecule has 2 aromatic rings. The minimum absolute atomic E-state index is 0.0425. The molecule has 1 aromatic carbocycles. The number of hydrogen-bond donors (Lipinski definition) is 1. The molecule has 1 aromatic heterocycles. The summed E-state index contributed by atoms with van der Waals surface area (Å²) in [5.41, 5.74) is 1.67. The molecule has 4 bridgehead atoms. The Labute approximate surface area is 164 Å². The average Bonchev–Trinajstić information content (AvgIpc) is 3.04. The van der Waals surface area contributed by atoms with Gasteiger partial charge in [-0.25, -0.2) is 4.98 Å². The smallest absolute Gasteiger partial charge is 0.251 e. The molecule has 4 nitrogen and oxygen atoms in total. The van der Waals surface area contributed by atoms with Crippen molar-refractivity contribution in [2.75, 3.05) is 0 Å². The van der Waals surface area contributed by atoms with Gasteiger partial charge >= 0.3 is 0 Å². The third-order valence-electron chi connectivity index (χ3n) is 6.57. The van der Waals surface area contributed by atoms with E-state index in [1.54, 1.807) is 11.3 Å². The lowest BCUT2D eigenvalue weighted by Gasteiger charge is -2.56. The summed E-state index contributed by atoms with van der Waals surface area (Å²) in [6, 6.07) is 7.54. The number of aromatic nitrogens is 1. The van der Waals surface area contributed by atoms with Crippen molar-refractivity contribution in [3.05, 3.63) is 45.9 Å². The fourth-order valence-corrected chi connectivity index (χ4v) is 6.53. The van der Waals surface area contributed by atoms with Gasteiger partial charge in [0.25, 0.3) is 5.91 Å². The summed E-state index contributed by atoms with van der Waals surface area (Å²) in [7, 11) is 0. The molecule has 1 heterocycles. The summed E-state index contributed by atoms with van der Waals surface area (Å²) < 4.78 is 5.85. The molecule has 6 rings (SSSR count). The predicted molar refractivity (Wildman–Crippen MR) is 106 cm³/mol. The maximum atomic E-state index is 13.0. The summed E-state index contributed by atoms with van der Waals surface area (Å²) in [5, 5.41) is 6.49. The van der Waals surface area contributed by atoms with E-state index in [-0.39, 0.29) is 11.4 Å². The third kappa shape index (κ3) is 3.49. The van der Waals surface area contributed by atoms with Crippen LogP contribution in [-0.4, -0.2) is 16.4 Å². The lowest BCUT2D eigenvalue weighted by molar-refractivity contribution is -0.0167. The van der Waals surface area contributed by atoms with Gasteiger partial charge in [-0.05, 0) is 81.4 Å². The number of nitrogens with zero attached hydrogens (tertiary/aromatic N) is 1. The first kappa shape index (κ1) is 17.2. The van der Waals surface area contributed by atoms with Crippen LogP contribution in [0.2, 0.25) is 0 Å². The zero-order valence-electron chi connectivity index (χ0n) is 15.7. The Morgan fingerprint density at radius 2 is 1.93 bits per heavy atom. The summed E-state index contributed by atoms with van der Waals surface area (Å²) in [4.78, 5) is 17.4. The van der Waals surface area contributed by atoms with E-state index in [1.165, 1.54) is 38.5 Å². The van der Waals surface area contributed by atoms with Gasteiger partial charge in [0.1, 0.15) is 12.4 Å². The van der Waals surface area contributed by atoms with E-state index < -0.39 is 0 Å². The Balaban J connectivity index is 1.26. The fraction of sp³-hybridized carbons (Fsp3) is 0.545. The molecule has 0 saturated heterocycles. The minimum Gasteiger partial charge on any atom is -0.487 e. The summed E-state index contributed by atoms with van der Waals surface area (Å²) in [5.74, 6) is 3.25. The first-order valence-electron chi connectivity index (χ1n) is 10.0. The Hall–Kier alpha value is -1.88. The average molecular weight is 383 g/mol. The highest BCUT2D eigenvalue weighted by Gasteiger charge is 2.51. The molecule has 4 fully saturated rings. The van der Waals surface area contributed by atoms with Crippen molar-refractivity contribution in [3.63, 3.8) is 0 Å². The van der Waals surface area contributed by atoms with Crippen molar-refractivity contribution in [1.82, 2.24) is 10.3 Å². The van der Waals surface area contributed by atoms with Crippen molar-refractivity contribution in [1.29, 1.82) is 0 Å². The van der Waals surface area contributed by atoms with Crippen LogP contribution >= 0.6 is 11.3 Å². The van der Waals surface area contributed by atoms with E-state index in [4.69, 9.17) is 4.74 Å². The summed E-state index contributed by atoms with van der Waals surface area (Å²) >= 11 is 1.62. The van der Waals surface area contributed by atoms with Crippen LogP contribution < -0.4 is 10.1 Å². The van der Waals surface area contributed by atoms with E-state index in [2.05, 4.69) is 10.3 Å². The van der Waals surface area contributed by atoms with Gasteiger partial charge in [-0.3, -0.25) is 4.79 Å². The van der Waals surface area contributed by atoms with E-state index in [0.717, 1.165) is 34.2 Å². The number of amides is 1. The molecule has 0 atom stereocenters. The Morgan fingerprint density at radius 3 is 2.56 bits per heavy atom. The van der Waals surface area contributed by atoms with E-state index >= 15 is 0 Å². The number of ether oxygens (including phenoxy) is 1. The normalized spacial score (nSPS) is 31.1. The van der Waals surface area contributed by atoms with Gasteiger partial charge in [0.15, 0.2) is 0 Å². The van der Waals surface area contributed by atoms with E-state index in [9.17, 15) is 4.79 Å². The first-order chi connectivity index (χ1) is 13.1. The Morgan fingerprint density at radius 1 is 1.22 bits per heavy atom. The van der Waals surface area contributed by atoms with Gasteiger partial charge in [0, 0.05) is 16.5 Å². The largest absolute Gasteiger partial charge is 0.487 e. The van der Waals surface area contributed by atoms with Crippen LogP contribution in [0.4, 0.5) is 0 Å². The Bertz CT molecular complexity index is 824. The molecular weight excluding hydrogens is 356 g/mol. The quantitative estimate of drug-likeness (QED) is 0.813. The highest BCUT2D eigenvalue weighted by Crippen LogP contribution is 2.55. The standard InChI is InChI=1S/C22H26N2O2S/c1-14-23-19(13-27-14)12-26-20-4-2-3-18(8-20)21(25)24-22-9-15-5-16(10-22)7-17(6-15)11-22/h2-4,8,13,15-17H,5-7,9-12H2,1H3,(H,24,25). The molecule has 0 aliphatic heterocycles. The highest BCUT2D eigenvalue weighted by atomic mass is 32.1. The monoisotopic (exact) mass is 382 g/mol. The number of carbonyl (C=O) groups is 1. The van der Waals surface area contributed by atoms with Gasteiger partial charge in [0.2, 0.25) is 0 Å². The first-order valence-corrected chi connectivity index (χ1v) is 10.9. The second-order valence-electron chi connectivity index (χ2n) is 8.83. The molecule has 0 spiro atoms. The molecular formula is C22H26N2O2S. The maximum Gasteiger partial charge on any atom is 0.251 e. The van der Waals surface area contributed by atoms with Gasteiger partial charge < -0.3 is 10.1 Å². The van der Waals surface area contributed by atoms with Crippen molar-refractivity contribution >= 4 is 17.2 Å². The Kier molecular flexibility index (Phi) is 4.23. The van der Waals surface area contributed by atoms with Crippen LogP contribution in [0.25, 0.3) is 0 Å². The molecule has 4 saturated carbocycles. The summed E-state index contributed by atoms with van der Waals surface area (Å²) in [6.45, 7) is 2.42. The third-order valence-corrected chi connectivity index (χ3v) is 7.39. The van der Waals surface area contributed by atoms with E-state index in [1.807, 2.05) is 36.6 Å². The van der Waals surface area contributed by atoms with Crippen molar-refractivity contribution in [3.8, 4) is 5.75 Å². The zero-order chi connectivity index (χ0) is 18.4. The van der Waals surface area contributed by atoms with Gasteiger partial charge in [0.05, 0.1) is 10.7 Å². The second kappa shape index (κ2) is 6.62. The number of hydrogen-bond acceptors (Lipinski definition) is 4. The van der Waals surface area contributed by atoms with Crippen molar-refractivity contribution in [2.45, 2.75) is 57.6 Å². The van der Waals surface area contributed by atoms with Crippen molar-refractivity contribution in [2.24, 2.45) is 17.8 Å². The molecule has 0 unspecified atom stereocenters. The van der Waals surface area contributed by atoms with Crippen LogP contribution in [0.15, 0.2) is 29.6 Å². The highest BCUT2D eigenvalue weighted by molar-refractivity contribution is 7.09. The maximum absolute atomic E-state index is 13.0. The number of nitrogens with one attached hydrogen (secondary N) is 1. The van der Waals surface area contributed by atoms with Crippen LogP contribution in [0.3, 0.4) is 0 Å².